The van der Waals surface area contributed by atoms with Gasteiger partial charge in [0.2, 0.25) is 0 Å². The van der Waals surface area contributed by atoms with E-state index >= 15 is 0 Å². The number of nitrogens with zero attached hydrogens (tertiary/aromatic N) is 2. The van der Waals surface area contributed by atoms with E-state index in [1.807, 2.05) is 29.1 Å². The third-order valence-electron chi connectivity index (χ3n) is 2.38. The van der Waals surface area contributed by atoms with Gasteiger partial charge in [-0.2, -0.15) is 5.10 Å². The van der Waals surface area contributed by atoms with Crippen LogP contribution in [0.25, 0.3) is 0 Å². The van der Waals surface area contributed by atoms with Crippen molar-refractivity contribution in [2.24, 2.45) is 0 Å². The summed E-state index contributed by atoms with van der Waals surface area (Å²) >= 11 is 1.75. The molecule has 0 unspecified atom stereocenters. The summed E-state index contributed by atoms with van der Waals surface area (Å²) in [5.74, 6) is 0.757. The maximum atomic E-state index is 6.08. The van der Waals surface area contributed by atoms with E-state index in [1.54, 1.807) is 11.8 Å². The quantitative estimate of drug-likeness (QED) is 0.845. The van der Waals surface area contributed by atoms with Gasteiger partial charge in [-0.1, -0.05) is 44.2 Å². The average molecular weight is 247 g/mol. The second kappa shape index (κ2) is 5.27. The first-order valence-electron chi connectivity index (χ1n) is 5.68. The van der Waals surface area contributed by atoms with Gasteiger partial charge in [-0.3, -0.25) is 0 Å². The van der Waals surface area contributed by atoms with Crippen LogP contribution >= 0.6 is 11.8 Å². The van der Waals surface area contributed by atoms with Gasteiger partial charge in [-0.05, 0) is 5.56 Å². The fourth-order valence-corrected chi connectivity index (χ4v) is 2.45. The molecule has 0 amide bonds. The highest BCUT2D eigenvalue weighted by Crippen LogP contribution is 2.28. The van der Waals surface area contributed by atoms with E-state index < -0.39 is 0 Å². The Kier molecular flexibility index (Phi) is 3.74. The van der Waals surface area contributed by atoms with Crippen molar-refractivity contribution < 1.29 is 0 Å². The van der Waals surface area contributed by atoms with E-state index in [0.29, 0.717) is 5.25 Å². The first kappa shape index (κ1) is 12.0. The number of aromatic nitrogens is 2. The van der Waals surface area contributed by atoms with E-state index in [1.165, 1.54) is 5.56 Å². The van der Waals surface area contributed by atoms with Crippen molar-refractivity contribution in [3.8, 4) is 0 Å². The fourth-order valence-electron chi connectivity index (χ4n) is 1.60. The molecule has 0 aliphatic heterocycles. The van der Waals surface area contributed by atoms with Gasteiger partial charge in [-0.25, -0.2) is 4.68 Å². The Bertz CT molecular complexity index is 477. The van der Waals surface area contributed by atoms with Crippen LogP contribution in [0.4, 0.5) is 5.82 Å². The van der Waals surface area contributed by atoms with E-state index in [2.05, 4.69) is 31.1 Å². The minimum Gasteiger partial charge on any atom is -0.383 e. The average Bonchev–Trinajstić information content (AvgIpc) is 2.62. The zero-order valence-corrected chi connectivity index (χ0v) is 10.9. The number of rotatable bonds is 4. The van der Waals surface area contributed by atoms with Gasteiger partial charge >= 0.3 is 0 Å². The number of benzene rings is 1. The van der Waals surface area contributed by atoms with Gasteiger partial charge in [0, 0.05) is 5.25 Å². The lowest BCUT2D eigenvalue weighted by Crippen LogP contribution is -2.06. The molecule has 2 rings (SSSR count). The summed E-state index contributed by atoms with van der Waals surface area (Å²) < 4.78 is 1.85. The summed E-state index contributed by atoms with van der Waals surface area (Å²) in [6, 6.07) is 10.2. The summed E-state index contributed by atoms with van der Waals surface area (Å²) in [6.45, 7) is 5.03. The highest BCUT2D eigenvalue weighted by atomic mass is 32.2. The van der Waals surface area contributed by atoms with Gasteiger partial charge < -0.3 is 5.73 Å². The van der Waals surface area contributed by atoms with E-state index in [9.17, 15) is 0 Å². The number of nitrogen functional groups attached to an aromatic ring is 1. The zero-order chi connectivity index (χ0) is 12.3. The summed E-state index contributed by atoms with van der Waals surface area (Å²) in [6.07, 6.45) is 1.85. The molecule has 17 heavy (non-hydrogen) atoms. The molecule has 0 fully saturated rings. The molecule has 0 bridgehead atoms. The molecule has 3 nitrogen and oxygen atoms in total. The SMILES string of the molecule is CC(C)Sc1cnn(Cc2ccccc2)c1N. The van der Waals surface area contributed by atoms with Crippen molar-refractivity contribution in [3.05, 3.63) is 42.1 Å². The van der Waals surface area contributed by atoms with Gasteiger partial charge in [0.15, 0.2) is 0 Å². The van der Waals surface area contributed by atoms with E-state index in [0.717, 1.165) is 17.3 Å². The number of thioether (sulfide) groups is 1. The molecule has 1 aromatic heterocycles. The van der Waals surface area contributed by atoms with Crippen molar-refractivity contribution >= 4 is 17.6 Å². The third kappa shape index (κ3) is 3.03. The van der Waals surface area contributed by atoms with E-state index in [4.69, 9.17) is 5.73 Å². The Hall–Kier alpha value is -1.42. The molecular weight excluding hydrogens is 230 g/mol. The first-order chi connectivity index (χ1) is 8.16. The number of anilines is 1. The minimum atomic E-state index is 0.520. The molecule has 0 spiro atoms. The molecule has 0 saturated heterocycles. The van der Waals surface area contributed by atoms with Crippen molar-refractivity contribution in [1.82, 2.24) is 9.78 Å². The fraction of sp³-hybridized carbons (Fsp3) is 0.308. The molecule has 0 aliphatic carbocycles. The van der Waals surface area contributed by atoms with Gasteiger partial charge in [0.05, 0.1) is 17.6 Å². The highest BCUT2D eigenvalue weighted by Gasteiger charge is 2.09. The van der Waals surface area contributed by atoms with Crippen LogP contribution < -0.4 is 5.73 Å². The van der Waals surface area contributed by atoms with Crippen LogP contribution in [0.3, 0.4) is 0 Å². The van der Waals surface area contributed by atoms with Crippen molar-refractivity contribution in [2.45, 2.75) is 30.5 Å². The van der Waals surface area contributed by atoms with Crippen LogP contribution in [0.5, 0.6) is 0 Å². The Morgan fingerprint density at radius 3 is 2.65 bits per heavy atom. The Morgan fingerprint density at radius 2 is 2.00 bits per heavy atom. The molecule has 1 heterocycles. The van der Waals surface area contributed by atoms with Crippen molar-refractivity contribution in [2.75, 3.05) is 5.73 Å². The van der Waals surface area contributed by atoms with Crippen molar-refractivity contribution in [1.29, 1.82) is 0 Å². The standard InChI is InChI=1S/C13H17N3S/c1-10(2)17-12-8-15-16(13(12)14)9-11-6-4-3-5-7-11/h3-8,10H,9,14H2,1-2H3. The molecule has 0 radical (unpaired) electrons. The largest absolute Gasteiger partial charge is 0.383 e. The number of hydrogen-bond donors (Lipinski definition) is 1. The molecule has 90 valence electrons. The normalized spacial score (nSPS) is 11.0. The monoisotopic (exact) mass is 247 g/mol. The predicted molar refractivity (Wildman–Crippen MR) is 73.2 cm³/mol. The molecule has 4 heteroatoms. The summed E-state index contributed by atoms with van der Waals surface area (Å²) in [4.78, 5) is 1.07. The Balaban J connectivity index is 2.15. The van der Waals surface area contributed by atoms with Crippen LogP contribution in [0, 0.1) is 0 Å². The van der Waals surface area contributed by atoms with Crippen molar-refractivity contribution in [3.63, 3.8) is 0 Å². The van der Waals surface area contributed by atoms with Gasteiger partial charge in [-0.15, -0.1) is 11.8 Å². The van der Waals surface area contributed by atoms with Crippen LogP contribution in [0.2, 0.25) is 0 Å². The molecule has 0 atom stereocenters. The Labute approximate surface area is 106 Å². The summed E-state index contributed by atoms with van der Waals surface area (Å²) in [5.41, 5.74) is 7.29. The van der Waals surface area contributed by atoms with Gasteiger partial charge in [0.1, 0.15) is 5.82 Å². The molecule has 1 aromatic carbocycles. The Morgan fingerprint density at radius 1 is 1.29 bits per heavy atom. The molecular formula is C13H17N3S. The predicted octanol–water partition coefficient (Wildman–Crippen LogP) is 3.01. The summed E-state index contributed by atoms with van der Waals surface area (Å²) in [5, 5.41) is 4.85. The van der Waals surface area contributed by atoms with Gasteiger partial charge in [0.25, 0.3) is 0 Å². The molecule has 2 aromatic rings. The second-order valence-corrected chi connectivity index (χ2v) is 5.82. The van der Waals surface area contributed by atoms with E-state index in [-0.39, 0.29) is 0 Å². The summed E-state index contributed by atoms with van der Waals surface area (Å²) in [7, 11) is 0. The third-order valence-corrected chi connectivity index (χ3v) is 3.42. The lowest BCUT2D eigenvalue weighted by atomic mass is 10.2. The lowest BCUT2D eigenvalue weighted by Gasteiger charge is -2.06. The van der Waals surface area contributed by atoms with Crippen LogP contribution in [-0.4, -0.2) is 15.0 Å². The molecule has 2 N–H and O–H groups in total. The van der Waals surface area contributed by atoms with Crippen LogP contribution in [-0.2, 0) is 6.54 Å². The van der Waals surface area contributed by atoms with Crippen LogP contribution in [0.15, 0.2) is 41.4 Å². The number of nitrogens with two attached hydrogens (primary N) is 1. The zero-order valence-electron chi connectivity index (χ0n) is 10.1. The smallest absolute Gasteiger partial charge is 0.135 e. The lowest BCUT2D eigenvalue weighted by molar-refractivity contribution is 0.696. The molecule has 0 saturated carbocycles. The van der Waals surface area contributed by atoms with Crippen LogP contribution in [0.1, 0.15) is 19.4 Å². The highest BCUT2D eigenvalue weighted by molar-refractivity contribution is 8.00. The second-order valence-electron chi connectivity index (χ2n) is 4.20. The number of hydrogen-bond acceptors (Lipinski definition) is 3. The topological polar surface area (TPSA) is 43.8 Å². The minimum absolute atomic E-state index is 0.520. The molecule has 0 aliphatic rings. The maximum Gasteiger partial charge on any atom is 0.135 e. The first-order valence-corrected chi connectivity index (χ1v) is 6.56. The maximum absolute atomic E-state index is 6.08.